The summed E-state index contributed by atoms with van der Waals surface area (Å²) in [7, 11) is -0.435. The van der Waals surface area contributed by atoms with E-state index in [1.807, 2.05) is 30.3 Å². The van der Waals surface area contributed by atoms with Crippen LogP contribution in [-0.4, -0.2) is 26.4 Å². The fourth-order valence-electron chi connectivity index (χ4n) is 4.38. The van der Waals surface area contributed by atoms with Gasteiger partial charge in [0, 0.05) is 7.11 Å². The summed E-state index contributed by atoms with van der Waals surface area (Å²) in [5.74, 6) is 0. The van der Waals surface area contributed by atoms with Gasteiger partial charge in [0.15, 0.2) is 0 Å². The summed E-state index contributed by atoms with van der Waals surface area (Å²) in [5.41, 5.74) is 4.43. The normalized spacial score (nSPS) is 19.6. The van der Waals surface area contributed by atoms with Gasteiger partial charge in [0.25, 0.3) is 0 Å². The number of ether oxygens (including phenoxy) is 1. The highest BCUT2D eigenvalue weighted by Gasteiger charge is 2.42. The van der Waals surface area contributed by atoms with Crippen LogP contribution in [-0.2, 0) is 4.74 Å². The van der Waals surface area contributed by atoms with Crippen molar-refractivity contribution >= 4 is 18.4 Å². The van der Waals surface area contributed by atoms with Crippen molar-refractivity contribution in [2.75, 3.05) is 7.11 Å². The molecule has 0 aromatic heterocycles. The van der Waals surface area contributed by atoms with Crippen LogP contribution in [0.3, 0.4) is 0 Å². The summed E-state index contributed by atoms with van der Waals surface area (Å²) >= 11 is 0. The molecular weight excluding hydrogens is 360 g/mol. The highest BCUT2D eigenvalue weighted by molar-refractivity contribution is 7.06. The predicted molar refractivity (Wildman–Crippen MR) is 118 cm³/mol. The molecule has 0 aliphatic carbocycles. The number of benzene rings is 3. The zero-order chi connectivity index (χ0) is 19.4. The first-order valence-electron chi connectivity index (χ1n) is 9.81. The molecular formula is C25H26O2Si. The van der Waals surface area contributed by atoms with Crippen molar-refractivity contribution in [3.8, 4) is 0 Å². The van der Waals surface area contributed by atoms with Gasteiger partial charge in [-0.1, -0.05) is 96.7 Å². The van der Waals surface area contributed by atoms with Crippen molar-refractivity contribution in [2.45, 2.75) is 24.7 Å². The second-order valence-electron chi connectivity index (χ2n) is 7.50. The minimum Gasteiger partial charge on any atom is -0.384 e. The van der Waals surface area contributed by atoms with Gasteiger partial charge in [0.1, 0.15) is 8.07 Å². The maximum absolute atomic E-state index is 11.2. The lowest BCUT2D eigenvalue weighted by atomic mass is 9.98. The number of rotatable bonds is 5. The van der Waals surface area contributed by atoms with E-state index in [4.69, 9.17) is 4.74 Å². The van der Waals surface area contributed by atoms with Crippen molar-refractivity contribution in [3.05, 3.63) is 108 Å². The first-order valence-corrected chi connectivity index (χ1v) is 12.1. The Bertz CT molecular complexity index is 883. The molecule has 0 saturated heterocycles. The summed E-state index contributed by atoms with van der Waals surface area (Å²) in [5, 5.41) is 13.9. The molecule has 0 bridgehead atoms. The van der Waals surface area contributed by atoms with E-state index < -0.39 is 14.2 Å². The van der Waals surface area contributed by atoms with E-state index in [-0.39, 0.29) is 6.10 Å². The molecule has 1 aliphatic heterocycles. The molecule has 1 aliphatic rings. The third-order valence-electron chi connectivity index (χ3n) is 5.82. The molecule has 0 fully saturated rings. The maximum Gasteiger partial charge on any atom is 0.143 e. The first-order chi connectivity index (χ1) is 13.7. The van der Waals surface area contributed by atoms with E-state index in [0.717, 1.165) is 23.6 Å². The SMILES string of the molecule is COC1CC(C(O)c2ccccc2)=C[Si](c2ccccc2)(c2ccccc2)C1. The van der Waals surface area contributed by atoms with Crippen molar-refractivity contribution in [3.63, 3.8) is 0 Å². The lowest BCUT2D eigenvalue weighted by Gasteiger charge is -2.39. The zero-order valence-corrected chi connectivity index (χ0v) is 17.2. The molecule has 3 aromatic rings. The monoisotopic (exact) mass is 386 g/mol. The Morgan fingerprint density at radius 1 is 0.821 bits per heavy atom. The Balaban J connectivity index is 1.88. The van der Waals surface area contributed by atoms with Crippen LogP contribution in [0.15, 0.2) is 102 Å². The van der Waals surface area contributed by atoms with Crippen LogP contribution in [0.2, 0.25) is 6.04 Å². The molecule has 1 N–H and O–H groups in total. The minimum atomic E-state index is -2.22. The summed E-state index contributed by atoms with van der Waals surface area (Å²) in [6, 6.07) is 32.5. The molecule has 0 spiro atoms. The maximum atomic E-state index is 11.2. The fourth-order valence-corrected chi connectivity index (χ4v) is 9.14. The minimum absolute atomic E-state index is 0.102. The van der Waals surface area contributed by atoms with Gasteiger partial charge in [0.05, 0.1) is 12.2 Å². The molecule has 0 radical (unpaired) electrons. The second-order valence-corrected chi connectivity index (χ2v) is 11.3. The van der Waals surface area contributed by atoms with Crippen molar-refractivity contribution in [1.82, 2.24) is 0 Å². The largest absolute Gasteiger partial charge is 0.384 e. The van der Waals surface area contributed by atoms with Gasteiger partial charge in [-0.2, -0.15) is 0 Å². The van der Waals surface area contributed by atoms with Crippen molar-refractivity contribution in [1.29, 1.82) is 0 Å². The number of methoxy groups -OCH3 is 1. The van der Waals surface area contributed by atoms with E-state index in [1.54, 1.807) is 7.11 Å². The number of hydrogen-bond donors (Lipinski definition) is 1. The van der Waals surface area contributed by atoms with Crippen LogP contribution in [0, 0.1) is 0 Å². The lowest BCUT2D eigenvalue weighted by Crippen LogP contribution is -2.60. The Labute approximate surface area is 168 Å². The van der Waals surface area contributed by atoms with Crippen LogP contribution >= 0.6 is 0 Å². The van der Waals surface area contributed by atoms with E-state index in [0.29, 0.717) is 0 Å². The van der Waals surface area contributed by atoms with Crippen molar-refractivity contribution in [2.24, 2.45) is 0 Å². The Hall–Kier alpha value is -2.46. The van der Waals surface area contributed by atoms with Gasteiger partial charge in [0.2, 0.25) is 0 Å². The lowest BCUT2D eigenvalue weighted by molar-refractivity contribution is 0.106. The first kappa shape index (κ1) is 18.9. The van der Waals surface area contributed by atoms with E-state index in [9.17, 15) is 5.11 Å². The average Bonchev–Trinajstić information content (AvgIpc) is 2.80. The quantitative estimate of drug-likeness (QED) is 0.675. The van der Waals surface area contributed by atoms with Crippen LogP contribution in [0.1, 0.15) is 18.1 Å². The number of hydrogen-bond acceptors (Lipinski definition) is 2. The number of aliphatic hydroxyl groups is 1. The molecule has 1 heterocycles. The highest BCUT2D eigenvalue weighted by Crippen LogP contribution is 2.35. The summed E-state index contributed by atoms with van der Waals surface area (Å²) in [6.45, 7) is 0. The number of aliphatic hydroxyl groups excluding tert-OH is 1. The van der Waals surface area contributed by atoms with Gasteiger partial charge in [-0.25, -0.2) is 0 Å². The van der Waals surface area contributed by atoms with E-state index >= 15 is 0 Å². The van der Waals surface area contributed by atoms with Crippen LogP contribution in [0.25, 0.3) is 0 Å². The molecule has 28 heavy (non-hydrogen) atoms. The Morgan fingerprint density at radius 2 is 1.32 bits per heavy atom. The summed E-state index contributed by atoms with van der Waals surface area (Å²) in [4.78, 5) is 0. The molecule has 0 amide bonds. The molecule has 3 heteroatoms. The average molecular weight is 387 g/mol. The third-order valence-corrected chi connectivity index (χ3v) is 10.5. The molecule has 0 saturated carbocycles. The summed E-state index contributed by atoms with van der Waals surface area (Å²) < 4.78 is 5.89. The highest BCUT2D eigenvalue weighted by atomic mass is 28.3. The smallest absolute Gasteiger partial charge is 0.143 e. The van der Waals surface area contributed by atoms with Crippen molar-refractivity contribution < 1.29 is 9.84 Å². The molecule has 142 valence electrons. The predicted octanol–water partition coefficient (Wildman–Crippen LogP) is 3.87. The molecule has 2 unspecified atom stereocenters. The Morgan fingerprint density at radius 3 is 1.82 bits per heavy atom. The third kappa shape index (κ3) is 3.61. The molecule has 3 aromatic carbocycles. The van der Waals surface area contributed by atoms with Crippen LogP contribution in [0.5, 0.6) is 0 Å². The zero-order valence-electron chi connectivity index (χ0n) is 16.2. The van der Waals surface area contributed by atoms with Gasteiger partial charge in [-0.15, -0.1) is 0 Å². The standard InChI is InChI=1S/C25H26O2Si/c1-27-22-17-21(25(26)20-11-5-2-6-12-20)18-28(19-22,23-13-7-3-8-14-23)24-15-9-4-10-16-24/h2-16,18,22,25-26H,17,19H2,1H3. The molecule has 4 rings (SSSR count). The van der Waals surface area contributed by atoms with Gasteiger partial charge < -0.3 is 9.84 Å². The fraction of sp³-hybridized carbons (Fsp3) is 0.200. The van der Waals surface area contributed by atoms with E-state index in [1.165, 1.54) is 10.4 Å². The molecule has 2 nitrogen and oxygen atoms in total. The second kappa shape index (κ2) is 8.27. The van der Waals surface area contributed by atoms with Gasteiger partial charge in [-0.3, -0.25) is 0 Å². The van der Waals surface area contributed by atoms with Gasteiger partial charge >= 0.3 is 0 Å². The van der Waals surface area contributed by atoms with Crippen LogP contribution < -0.4 is 10.4 Å². The van der Waals surface area contributed by atoms with E-state index in [2.05, 4.69) is 66.4 Å². The Kier molecular flexibility index (Phi) is 5.58. The topological polar surface area (TPSA) is 29.5 Å². The molecule has 2 atom stereocenters. The summed E-state index contributed by atoms with van der Waals surface area (Å²) in [6.07, 6.45) is 0.268. The van der Waals surface area contributed by atoms with Gasteiger partial charge in [-0.05, 0) is 34.0 Å². The van der Waals surface area contributed by atoms with Crippen LogP contribution in [0.4, 0.5) is 0 Å².